The molecule has 18 heavy (non-hydrogen) atoms. The minimum absolute atomic E-state index is 0.611. The molecule has 0 bridgehead atoms. The van der Waals surface area contributed by atoms with E-state index < -0.39 is 0 Å². The van der Waals surface area contributed by atoms with E-state index in [0.29, 0.717) is 26.4 Å². The van der Waals surface area contributed by atoms with Crippen LogP contribution in [0.5, 0.6) is 11.5 Å². The van der Waals surface area contributed by atoms with Gasteiger partial charge in [-0.15, -0.1) is 0 Å². The van der Waals surface area contributed by atoms with Crippen molar-refractivity contribution in [3.63, 3.8) is 0 Å². The van der Waals surface area contributed by atoms with E-state index in [1.165, 1.54) is 0 Å². The number of rotatable bonds is 10. The van der Waals surface area contributed by atoms with Crippen LogP contribution in [0.2, 0.25) is 0 Å². The van der Waals surface area contributed by atoms with Crippen molar-refractivity contribution in [1.82, 2.24) is 0 Å². The molecule has 0 aliphatic rings. The number of hydrogen-bond acceptors (Lipinski definition) is 4. The zero-order chi connectivity index (χ0) is 13.1. The minimum Gasteiger partial charge on any atom is -0.490 e. The number of hydrogen-bond donors (Lipinski definition) is 0. The summed E-state index contributed by atoms with van der Waals surface area (Å²) in [6.45, 7) is 2.62. The Balaban J connectivity index is 2.36. The Morgan fingerprint density at radius 2 is 1.50 bits per heavy atom. The first-order valence-electron chi connectivity index (χ1n) is 6.12. The van der Waals surface area contributed by atoms with Gasteiger partial charge in [0.05, 0.1) is 13.2 Å². The van der Waals surface area contributed by atoms with Crippen LogP contribution in [-0.2, 0) is 9.47 Å². The van der Waals surface area contributed by atoms with Crippen LogP contribution in [0.4, 0.5) is 0 Å². The summed E-state index contributed by atoms with van der Waals surface area (Å²) >= 11 is 0. The summed E-state index contributed by atoms with van der Waals surface area (Å²) in [7, 11) is 3.36. The van der Waals surface area contributed by atoms with Crippen LogP contribution in [-0.4, -0.2) is 40.6 Å². The normalized spacial score (nSPS) is 10.3. The quantitative estimate of drug-likeness (QED) is 0.600. The number of benzene rings is 1. The topological polar surface area (TPSA) is 36.9 Å². The lowest BCUT2D eigenvalue weighted by Gasteiger charge is -2.12. The smallest absolute Gasteiger partial charge is 0.161 e. The van der Waals surface area contributed by atoms with Gasteiger partial charge in [-0.25, -0.2) is 0 Å². The molecule has 1 aromatic rings. The van der Waals surface area contributed by atoms with Crippen molar-refractivity contribution in [2.75, 3.05) is 40.6 Å². The minimum atomic E-state index is 0.611. The molecule has 4 nitrogen and oxygen atoms in total. The van der Waals surface area contributed by atoms with Crippen molar-refractivity contribution in [1.29, 1.82) is 0 Å². The highest BCUT2D eigenvalue weighted by Crippen LogP contribution is 2.26. The first-order valence-corrected chi connectivity index (χ1v) is 6.12. The van der Waals surface area contributed by atoms with Crippen LogP contribution < -0.4 is 9.47 Å². The summed E-state index contributed by atoms with van der Waals surface area (Å²) < 4.78 is 21.2. The summed E-state index contributed by atoms with van der Waals surface area (Å²) in [5.74, 6) is 1.48. The average molecular weight is 253 g/mol. The first kappa shape index (κ1) is 14.8. The maximum absolute atomic E-state index is 5.64. The number of ether oxygens (including phenoxy) is 4. The molecule has 0 atom stereocenters. The lowest BCUT2D eigenvalue weighted by Crippen LogP contribution is -2.05. The van der Waals surface area contributed by atoms with Crippen molar-refractivity contribution in [3.05, 3.63) is 24.3 Å². The number of methoxy groups -OCH3 is 2. The standard InChI is InChI=1S/C14H21O4/c1-15-9-5-11-17-13-7-3-4-8-14(13)18-12-6-10-16-2/h3,7-8H,5-6,9-12H2,1-2H3. The maximum atomic E-state index is 5.64. The summed E-state index contributed by atoms with van der Waals surface area (Å²) in [5.41, 5.74) is 0. The maximum Gasteiger partial charge on any atom is 0.161 e. The zero-order valence-corrected chi connectivity index (χ0v) is 11.1. The Kier molecular flexibility index (Phi) is 8.01. The molecule has 1 radical (unpaired) electrons. The van der Waals surface area contributed by atoms with Crippen molar-refractivity contribution in [2.45, 2.75) is 12.8 Å². The van der Waals surface area contributed by atoms with E-state index in [1.807, 2.05) is 12.1 Å². The Morgan fingerprint density at radius 1 is 0.889 bits per heavy atom. The van der Waals surface area contributed by atoms with Crippen LogP contribution in [0.25, 0.3) is 0 Å². The molecule has 1 aromatic carbocycles. The lowest BCUT2D eigenvalue weighted by molar-refractivity contribution is 0.163. The highest BCUT2D eigenvalue weighted by Gasteiger charge is 2.03. The molecule has 0 saturated carbocycles. The van der Waals surface area contributed by atoms with E-state index >= 15 is 0 Å². The van der Waals surface area contributed by atoms with E-state index in [1.54, 1.807) is 20.3 Å². The summed E-state index contributed by atoms with van der Waals surface area (Å²) in [5, 5.41) is 0. The highest BCUT2D eigenvalue weighted by molar-refractivity contribution is 5.38. The molecule has 0 heterocycles. The molecule has 101 valence electrons. The second kappa shape index (κ2) is 9.74. The van der Waals surface area contributed by atoms with Gasteiger partial charge in [0.25, 0.3) is 0 Å². The van der Waals surface area contributed by atoms with Gasteiger partial charge in [-0.2, -0.15) is 0 Å². The van der Waals surface area contributed by atoms with Gasteiger partial charge in [-0.3, -0.25) is 0 Å². The fraction of sp³-hybridized carbons (Fsp3) is 0.571. The summed E-state index contributed by atoms with van der Waals surface area (Å²) in [6, 6.07) is 8.45. The SMILES string of the molecule is COCCCOc1c[c]ccc1OCCCOC. The van der Waals surface area contributed by atoms with Gasteiger partial charge in [-0.1, -0.05) is 6.07 Å². The first-order chi connectivity index (χ1) is 8.88. The Labute approximate surface area is 109 Å². The van der Waals surface area contributed by atoms with Gasteiger partial charge >= 0.3 is 0 Å². The van der Waals surface area contributed by atoms with Crippen molar-refractivity contribution >= 4 is 0 Å². The van der Waals surface area contributed by atoms with Crippen LogP contribution in [0.3, 0.4) is 0 Å². The van der Waals surface area contributed by atoms with Crippen LogP contribution in [0.1, 0.15) is 12.8 Å². The molecular weight excluding hydrogens is 232 g/mol. The average Bonchev–Trinajstić information content (AvgIpc) is 2.41. The largest absolute Gasteiger partial charge is 0.490 e. The van der Waals surface area contributed by atoms with Crippen molar-refractivity contribution in [2.24, 2.45) is 0 Å². The monoisotopic (exact) mass is 253 g/mol. The fourth-order valence-corrected chi connectivity index (χ4v) is 1.40. The van der Waals surface area contributed by atoms with Crippen LogP contribution in [0, 0.1) is 6.07 Å². The Bertz CT molecular complexity index is 283. The fourth-order valence-electron chi connectivity index (χ4n) is 1.40. The Hall–Kier alpha value is -1.26. The molecule has 0 fully saturated rings. The Morgan fingerprint density at radius 3 is 2.11 bits per heavy atom. The lowest BCUT2D eigenvalue weighted by atomic mass is 10.3. The predicted octanol–water partition coefficient (Wildman–Crippen LogP) is 2.32. The van der Waals surface area contributed by atoms with E-state index in [2.05, 4.69) is 6.07 Å². The van der Waals surface area contributed by atoms with Gasteiger partial charge in [0.2, 0.25) is 0 Å². The highest BCUT2D eigenvalue weighted by atomic mass is 16.5. The van der Waals surface area contributed by atoms with Gasteiger partial charge in [-0.05, 0) is 18.2 Å². The molecule has 0 spiro atoms. The third-order valence-electron chi connectivity index (χ3n) is 2.29. The summed E-state index contributed by atoms with van der Waals surface area (Å²) in [4.78, 5) is 0. The molecule has 0 unspecified atom stereocenters. The molecule has 0 amide bonds. The van der Waals surface area contributed by atoms with E-state index in [4.69, 9.17) is 18.9 Å². The van der Waals surface area contributed by atoms with Gasteiger partial charge in [0.15, 0.2) is 11.5 Å². The van der Waals surface area contributed by atoms with Crippen LogP contribution in [0.15, 0.2) is 18.2 Å². The van der Waals surface area contributed by atoms with E-state index in [0.717, 1.165) is 24.3 Å². The summed E-state index contributed by atoms with van der Waals surface area (Å²) in [6.07, 6.45) is 1.72. The molecule has 1 rings (SSSR count). The zero-order valence-electron chi connectivity index (χ0n) is 11.1. The molecule has 4 heteroatoms. The van der Waals surface area contributed by atoms with E-state index in [-0.39, 0.29) is 0 Å². The molecule has 0 saturated heterocycles. The third kappa shape index (κ3) is 5.89. The van der Waals surface area contributed by atoms with E-state index in [9.17, 15) is 0 Å². The molecular formula is C14H21O4. The van der Waals surface area contributed by atoms with Gasteiger partial charge < -0.3 is 18.9 Å². The third-order valence-corrected chi connectivity index (χ3v) is 2.29. The molecule has 0 aliphatic carbocycles. The molecule has 0 N–H and O–H groups in total. The van der Waals surface area contributed by atoms with Gasteiger partial charge in [0, 0.05) is 40.3 Å². The van der Waals surface area contributed by atoms with Crippen molar-refractivity contribution in [3.8, 4) is 11.5 Å². The second-order valence-corrected chi connectivity index (χ2v) is 3.76. The predicted molar refractivity (Wildman–Crippen MR) is 69.3 cm³/mol. The van der Waals surface area contributed by atoms with Gasteiger partial charge in [0.1, 0.15) is 0 Å². The van der Waals surface area contributed by atoms with Crippen LogP contribution >= 0.6 is 0 Å². The molecule has 0 aliphatic heterocycles. The second-order valence-electron chi connectivity index (χ2n) is 3.76. The molecule has 0 aromatic heterocycles. The van der Waals surface area contributed by atoms with Crippen molar-refractivity contribution < 1.29 is 18.9 Å².